The van der Waals surface area contributed by atoms with Gasteiger partial charge in [0.25, 0.3) is 5.89 Å². The molecule has 1 fully saturated rings. The van der Waals surface area contributed by atoms with Gasteiger partial charge in [0.2, 0.25) is 5.91 Å². The second-order valence-electron chi connectivity index (χ2n) is 4.42. The van der Waals surface area contributed by atoms with Crippen molar-refractivity contribution in [3.8, 4) is 0 Å². The number of hydrogen-bond donors (Lipinski definition) is 0. The third-order valence-corrected chi connectivity index (χ3v) is 3.23. The van der Waals surface area contributed by atoms with Crippen molar-refractivity contribution in [2.75, 3.05) is 6.54 Å². The molecule has 0 saturated carbocycles. The molecule has 1 aromatic heterocycles. The predicted octanol–water partition coefficient (Wildman–Crippen LogP) is 1.63. The minimum absolute atomic E-state index is 0.149. The van der Waals surface area contributed by atoms with Crippen LogP contribution < -0.4 is 0 Å². The number of rotatable bonds is 2. The third kappa shape index (κ3) is 1.60. The molecule has 1 aliphatic rings. The van der Waals surface area contributed by atoms with E-state index >= 15 is 0 Å². The van der Waals surface area contributed by atoms with Crippen molar-refractivity contribution in [1.82, 2.24) is 15.0 Å². The number of likely N-dealkylation sites (tertiary alicyclic amines) is 1. The van der Waals surface area contributed by atoms with Crippen molar-refractivity contribution in [1.29, 1.82) is 0 Å². The second kappa shape index (κ2) is 3.88. The van der Waals surface area contributed by atoms with Gasteiger partial charge in [0, 0.05) is 13.0 Å². The zero-order valence-electron chi connectivity index (χ0n) is 9.99. The van der Waals surface area contributed by atoms with E-state index < -0.39 is 5.54 Å². The maximum absolute atomic E-state index is 11.8. The van der Waals surface area contributed by atoms with Gasteiger partial charge in [-0.15, -0.1) is 0 Å². The Morgan fingerprint density at radius 2 is 2.38 bits per heavy atom. The molecule has 16 heavy (non-hydrogen) atoms. The number of aromatic nitrogens is 2. The van der Waals surface area contributed by atoms with E-state index in [1.54, 1.807) is 6.92 Å². The van der Waals surface area contributed by atoms with E-state index in [0.29, 0.717) is 18.1 Å². The molecule has 0 unspecified atom stereocenters. The first-order chi connectivity index (χ1) is 7.58. The highest BCUT2D eigenvalue weighted by Gasteiger charge is 2.44. The van der Waals surface area contributed by atoms with Gasteiger partial charge >= 0.3 is 0 Å². The van der Waals surface area contributed by atoms with Gasteiger partial charge in [-0.2, -0.15) is 4.98 Å². The van der Waals surface area contributed by atoms with Crippen LogP contribution in [0, 0.1) is 6.92 Å². The van der Waals surface area contributed by atoms with Crippen molar-refractivity contribution in [2.24, 2.45) is 0 Å². The Kier molecular flexibility index (Phi) is 2.69. The zero-order valence-corrected chi connectivity index (χ0v) is 9.99. The minimum atomic E-state index is -0.408. The second-order valence-corrected chi connectivity index (χ2v) is 4.42. The average Bonchev–Trinajstić information content (AvgIpc) is 2.84. The summed E-state index contributed by atoms with van der Waals surface area (Å²) in [4.78, 5) is 18.0. The van der Waals surface area contributed by atoms with Crippen LogP contribution in [0.2, 0.25) is 0 Å². The summed E-state index contributed by atoms with van der Waals surface area (Å²) in [5.41, 5.74) is -0.408. The lowest BCUT2D eigenvalue weighted by Gasteiger charge is -2.31. The molecule has 0 spiro atoms. The molecular formula is C11H17N3O2. The molecule has 2 rings (SSSR count). The van der Waals surface area contributed by atoms with Crippen LogP contribution in [0.4, 0.5) is 0 Å². The van der Waals surface area contributed by atoms with Gasteiger partial charge < -0.3 is 9.42 Å². The van der Waals surface area contributed by atoms with Crippen LogP contribution in [-0.2, 0) is 10.3 Å². The standard InChI is InChI=1S/C11H17N3O2/c1-4-9(15)14-7-5-6-11(14,3)10-12-8(2)13-16-10/h4-7H2,1-3H3/t11-/m0/s1. The fraction of sp³-hybridized carbons (Fsp3) is 0.727. The Labute approximate surface area is 94.8 Å². The summed E-state index contributed by atoms with van der Waals surface area (Å²) >= 11 is 0. The van der Waals surface area contributed by atoms with Crippen LogP contribution in [0.5, 0.6) is 0 Å². The summed E-state index contributed by atoms with van der Waals surface area (Å²) in [5.74, 6) is 1.33. The largest absolute Gasteiger partial charge is 0.337 e. The first kappa shape index (κ1) is 11.1. The smallest absolute Gasteiger partial charge is 0.252 e. The molecule has 0 N–H and O–H groups in total. The highest BCUT2D eigenvalue weighted by atomic mass is 16.5. The SMILES string of the molecule is CCC(=O)N1CCC[C@@]1(C)c1nc(C)no1. The Balaban J connectivity index is 2.32. The normalized spacial score (nSPS) is 25.1. The van der Waals surface area contributed by atoms with Gasteiger partial charge in [0.05, 0.1) is 0 Å². The molecule has 5 nitrogen and oxygen atoms in total. The van der Waals surface area contributed by atoms with Crippen LogP contribution in [0.15, 0.2) is 4.52 Å². The maximum atomic E-state index is 11.8. The van der Waals surface area contributed by atoms with E-state index in [2.05, 4.69) is 10.1 Å². The van der Waals surface area contributed by atoms with E-state index in [1.807, 2.05) is 18.7 Å². The Bertz CT molecular complexity index is 402. The van der Waals surface area contributed by atoms with Crippen LogP contribution in [0.1, 0.15) is 44.8 Å². The minimum Gasteiger partial charge on any atom is -0.337 e. The third-order valence-electron chi connectivity index (χ3n) is 3.23. The molecule has 1 aromatic rings. The highest BCUT2D eigenvalue weighted by Crippen LogP contribution is 2.37. The van der Waals surface area contributed by atoms with Crippen molar-refractivity contribution in [3.63, 3.8) is 0 Å². The van der Waals surface area contributed by atoms with E-state index in [0.717, 1.165) is 19.4 Å². The van der Waals surface area contributed by atoms with E-state index in [-0.39, 0.29) is 5.91 Å². The topological polar surface area (TPSA) is 59.2 Å². The summed E-state index contributed by atoms with van der Waals surface area (Å²) in [6.45, 7) is 6.45. The molecule has 1 saturated heterocycles. The summed E-state index contributed by atoms with van der Waals surface area (Å²) < 4.78 is 5.22. The zero-order chi connectivity index (χ0) is 11.8. The Morgan fingerprint density at radius 3 is 2.94 bits per heavy atom. The van der Waals surface area contributed by atoms with E-state index in [4.69, 9.17) is 4.52 Å². The fourth-order valence-electron chi connectivity index (χ4n) is 2.29. The quantitative estimate of drug-likeness (QED) is 0.764. The molecule has 0 aliphatic carbocycles. The molecule has 0 radical (unpaired) electrons. The van der Waals surface area contributed by atoms with Gasteiger partial charge in [-0.1, -0.05) is 12.1 Å². The summed E-state index contributed by atoms with van der Waals surface area (Å²) in [5, 5.41) is 3.80. The van der Waals surface area contributed by atoms with Gasteiger partial charge in [-0.25, -0.2) is 0 Å². The van der Waals surface area contributed by atoms with Crippen molar-refractivity contribution in [3.05, 3.63) is 11.7 Å². The summed E-state index contributed by atoms with van der Waals surface area (Å²) in [6.07, 6.45) is 2.40. The van der Waals surface area contributed by atoms with Crippen LogP contribution in [-0.4, -0.2) is 27.5 Å². The molecular weight excluding hydrogens is 206 g/mol. The Morgan fingerprint density at radius 1 is 1.62 bits per heavy atom. The number of carbonyl (C=O) groups is 1. The lowest BCUT2D eigenvalue weighted by molar-refractivity contribution is -0.135. The van der Waals surface area contributed by atoms with E-state index in [1.165, 1.54) is 0 Å². The average molecular weight is 223 g/mol. The number of aryl methyl sites for hydroxylation is 1. The van der Waals surface area contributed by atoms with E-state index in [9.17, 15) is 4.79 Å². The van der Waals surface area contributed by atoms with Crippen molar-refractivity contribution in [2.45, 2.75) is 45.6 Å². The molecule has 2 heterocycles. The fourth-order valence-corrected chi connectivity index (χ4v) is 2.29. The van der Waals surface area contributed by atoms with Gasteiger partial charge in [-0.05, 0) is 26.7 Å². The molecule has 5 heteroatoms. The number of hydrogen-bond acceptors (Lipinski definition) is 4. The molecule has 0 bridgehead atoms. The van der Waals surface area contributed by atoms with Gasteiger partial charge in [0.1, 0.15) is 5.54 Å². The maximum Gasteiger partial charge on any atom is 0.252 e. The van der Waals surface area contributed by atoms with Crippen LogP contribution in [0.25, 0.3) is 0 Å². The van der Waals surface area contributed by atoms with Crippen LogP contribution in [0.3, 0.4) is 0 Å². The summed E-state index contributed by atoms with van der Waals surface area (Å²) in [7, 11) is 0. The monoisotopic (exact) mass is 223 g/mol. The first-order valence-corrected chi connectivity index (χ1v) is 5.69. The number of nitrogens with zero attached hydrogens (tertiary/aromatic N) is 3. The molecule has 0 aromatic carbocycles. The molecule has 1 atom stereocenters. The van der Waals surface area contributed by atoms with Gasteiger partial charge in [0.15, 0.2) is 5.82 Å². The molecule has 1 amide bonds. The highest BCUT2D eigenvalue weighted by molar-refractivity contribution is 5.77. The Hall–Kier alpha value is -1.39. The lowest BCUT2D eigenvalue weighted by Crippen LogP contribution is -2.42. The predicted molar refractivity (Wildman–Crippen MR) is 57.6 cm³/mol. The number of amides is 1. The molecule has 88 valence electrons. The van der Waals surface area contributed by atoms with Crippen molar-refractivity contribution < 1.29 is 9.32 Å². The van der Waals surface area contributed by atoms with Crippen LogP contribution >= 0.6 is 0 Å². The lowest BCUT2D eigenvalue weighted by atomic mass is 9.98. The van der Waals surface area contributed by atoms with Gasteiger partial charge in [-0.3, -0.25) is 4.79 Å². The summed E-state index contributed by atoms with van der Waals surface area (Å²) in [6, 6.07) is 0. The number of carbonyl (C=O) groups excluding carboxylic acids is 1. The first-order valence-electron chi connectivity index (χ1n) is 5.69. The molecule has 1 aliphatic heterocycles. The van der Waals surface area contributed by atoms with Crippen molar-refractivity contribution >= 4 is 5.91 Å².